The van der Waals surface area contributed by atoms with Crippen molar-refractivity contribution in [3.05, 3.63) is 65.2 Å². The second-order valence-corrected chi connectivity index (χ2v) is 6.42. The molecule has 0 saturated heterocycles. The van der Waals surface area contributed by atoms with Crippen LogP contribution in [0.5, 0.6) is 0 Å². The number of carbonyl (C=O) groups is 3. The summed E-state index contributed by atoms with van der Waals surface area (Å²) in [6.07, 6.45) is 0. The van der Waals surface area contributed by atoms with E-state index in [2.05, 4.69) is 16.0 Å². The van der Waals surface area contributed by atoms with E-state index in [4.69, 9.17) is 0 Å². The summed E-state index contributed by atoms with van der Waals surface area (Å²) in [7, 11) is 0. The van der Waals surface area contributed by atoms with Crippen molar-refractivity contribution in [2.75, 3.05) is 11.9 Å². The Kier molecular flexibility index (Phi) is 7.20. The molecule has 0 aliphatic carbocycles. The van der Waals surface area contributed by atoms with Crippen LogP contribution in [0.1, 0.15) is 29.8 Å². The Bertz CT molecular complexity index is 867. The highest BCUT2D eigenvalue weighted by atomic mass is 19.1. The zero-order chi connectivity index (χ0) is 20.7. The smallest absolute Gasteiger partial charge is 0.254 e. The highest BCUT2D eigenvalue weighted by Crippen LogP contribution is 2.11. The lowest BCUT2D eigenvalue weighted by Crippen LogP contribution is -2.36. The Morgan fingerprint density at radius 1 is 0.964 bits per heavy atom. The molecule has 2 aromatic rings. The van der Waals surface area contributed by atoms with Crippen molar-refractivity contribution in [2.24, 2.45) is 5.92 Å². The van der Waals surface area contributed by atoms with Crippen LogP contribution < -0.4 is 16.0 Å². The third-order valence-electron chi connectivity index (χ3n) is 3.82. The lowest BCUT2D eigenvalue weighted by molar-refractivity contribution is -0.120. The molecule has 0 aliphatic heterocycles. The molecule has 3 amide bonds. The topological polar surface area (TPSA) is 87.3 Å². The van der Waals surface area contributed by atoms with Gasteiger partial charge in [0.25, 0.3) is 5.91 Å². The second kappa shape index (κ2) is 9.59. The van der Waals surface area contributed by atoms with Gasteiger partial charge in [-0.05, 0) is 29.8 Å². The minimum atomic E-state index is -0.998. The second-order valence-electron chi connectivity index (χ2n) is 6.42. The van der Waals surface area contributed by atoms with Crippen molar-refractivity contribution in [1.82, 2.24) is 10.6 Å². The summed E-state index contributed by atoms with van der Waals surface area (Å²) < 4.78 is 26.4. The van der Waals surface area contributed by atoms with Crippen molar-refractivity contribution in [2.45, 2.75) is 20.4 Å². The van der Waals surface area contributed by atoms with E-state index in [9.17, 15) is 23.2 Å². The molecule has 0 bridgehead atoms. The van der Waals surface area contributed by atoms with Gasteiger partial charge in [0.15, 0.2) is 0 Å². The number of hydrogen-bond acceptors (Lipinski definition) is 3. The summed E-state index contributed by atoms with van der Waals surface area (Å²) in [5.41, 5.74) is 1.11. The molecule has 0 unspecified atom stereocenters. The Balaban J connectivity index is 1.79. The molecule has 2 aromatic carbocycles. The average Bonchev–Trinajstić information content (AvgIpc) is 2.65. The molecule has 0 radical (unpaired) electrons. The SMILES string of the molecule is CC(C)C(=O)Nc1ccc(CNC(=O)CNC(=O)c2ccc(F)cc2F)cc1. The minimum Gasteiger partial charge on any atom is -0.350 e. The first-order valence-electron chi connectivity index (χ1n) is 8.66. The van der Waals surface area contributed by atoms with Gasteiger partial charge in [-0.3, -0.25) is 14.4 Å². The number of carbonyl (C=O) groups excluding carboxylic acids is 3. The van der Waals surface area contributed by atoms with Crippen LogP contribution in [0.4, 0.5) is 14.5 Å². The fourth-order valence-electron chi connectivity index (χ4n) is 2.19. The van der Waals surface area contributed by atoms with Crippen LogP contribution in [0.2, 0.25) is 0 Å². The fraction of sp³-hybridized carbons (Fsp3) is 0.250. The molecule has 28 heavy (non-hydrogen) atoms. The maximum absolute atomic E-state index is 13.5. The first-order valence-corrected chi connectivity index (χ1v) is 8.66. The van der Waals surface area contributed by atoms with Gasteiger partial charge < -0.3 is 16.0 Å². The quantitative estimate of drug-likeness (QED) is 0.680. The maximum atomic E-state index is 13.5. The molecule has 8 heteroatoms. The predicted molar refractivity (Wildman–Crippen MR) is 100 cm³/mol. The summed E-state index contributed by atoms with van der Waals surface area (Å²) >= 11 is 0. The van der Waals surface area contributed by atoms with E-state index >= 15 is 0 Å². The van der Waals surface area contributed by atoms with Gasteiger partial charge >= 0.3 is 0 Å². The average molecular weight is 389 g/mol. The summed E-state index contributed by atoms with van der Waals surface area (Å²) in [5, 5.41) is 7.65. The zero-order valence-electron chi connectivity index (χ0n) is 15.5. The molecular formula is C20H21F2N3O3. The van der Waals surface area contributed by atoms with Gasteiger partial charge in [0, 0.05) is 24.2 Å². The molecule has 0 atom stereocenters. The van der Waals surface area contributed by atoms with Crippen LogP contribution >= 0.6 is 0 Å². The first kappa shape index (κ1) is 21.0. The normalized spacial score (nSPS) is 10.5. The summed E-state index contributed by atoms with van der Waals surface area (Å²) in [5.74, 6) is -3.28. The van der Waals surface area contributed by atoms with E-state index in [1.807, 2.05) is 0 Å². The molecule has 0 aliphatic rings. The van der Waals surface area contributed by atoms with Crippen molar-refractivity contribution in [1.29, 1.82) is 0 Å². The van der Waals surface area contributed by atoms with Crippen LogP contribution in [0, 0.1) is 17.6 Å². The van der Waals surface area contributed by atoms with Gasteiger partial charge in [0.2, 0.25) is 11.8 Å². The molecular weight excluding hydrogens is 368 g/mol. The molecule has 0 aromatic heterocycles. The lowest BCUT2D eigenvalue weighted by Gasteiger charge is -2.10. The summed E-state index contributed by atoms with van der Waals surface area (Å²) in [6, 6.07) is 9.53. The Morgan fingerprint density at radius 2 is 1.64 bits per heavy atom. The number of benzene rings is 2. The largest absolute Gasteiger partial charge is 0.350 e. The van der Waals surface area contributed by atoms with Gasteiger partial charge in [0.1, 0.15) is 11.6 Å². The van der Waals surface area contributed by atoms with Crippen molar-refractivity contribution in [3.63, 3.8) is 0 Å². The Morgan fingerprint density at radius 3 is 2.25 bits per heavy atom. The third kappa shape index (κ3) is 6.15. The number of anilines is 1. The van der Waals surface area contributed by atoms with Gasteiger partial charge in [-0.15, -0.1) is 0 Å². The van der Waals surface area contributed by atoms with Gasteiger partial charge in [-0.1, -0.05) is 26.0 Å². The summed E-state index contributed by atoms with van der Waals surface area (Å²) in [4.78, 5) is 35.3. The molecule has 6 nitrogen and oxygen atoms in total. The van der Waals surface area contributed by atoms with E-state index in [1.54, 1.807) is 38.1 Å². The van der Waals surface area contributed by atoms with Gasteiger partial charge in [-0.25, -0.2) is 8.78 Å². The van der Waals surface area contributed by atoms with E-state index in [-0.39, 0.29) is 30.5 Å². The third-order valence-corrected chi connectivity index (χ3v) is 3.82. The van der Waals surface area contributed by atoms with E-state index < -0.39 is 23.4 Å². The first-order chi connectivity index (χ1) is 13.3. The number of rotatable bonds is 7. The minimum absolute atomic E-state index is 0.0885. The van der Waals surface area contributed by atoms with Gasteiger partial charge in [-0.2, -0.15) is 0 Å². The molecule has 2 rings (SSSR count). The predicted octanol–water partition coefficient (Wildman–Crippen LogP) is 2.61. The molecule has 0 heterocycles. The number of amides is 3. The Labute approximate surface area is 161 Å². The zero-order valence-corrected chi connectivity index (χ0v) is 15.5. The molecule has 148 valence electrons. The lowest BCUT2D eigenvalue weighted by atomic mass is 10.1. The standard InChI is InChI=1S/C20H21F2N3O3/c1-12(2)19(27)25-15-6-3-13(4-7-15)10-23-18(26)11-24-20(28)16-8-5-14(21)9-17(16)22/h3-9,12H,10-11H2,1-2H3,(H,23,26)(H,24,28)(H,25,27). The number of nitrogens with one attached hydrogen (secondary N) is 3. The highest BCUT2D eigenvalue weighted by molar-refractivity contribution is 5.96. The number of halogens is 2. The molecule has 0 fully saturated rings. The van der Waals surface area contributed by atoms with Crippen molar-refractivity contribution >= 4 is 23.4 Å². The molecule has 0 spiro atoms. The van der Waals surface area contributed by atoms with E-state index in [0.717, 1.165) is 17.7 Å². The summed E-state index contributed by atoms with van der Waals surface area (Å²) in [6.45, 7) is 3.46. The van der Waals surface area contributed by atoms with Crippen LogP contribution in [0.25, 0.3) is 0 Å². The van der Waals surface area contributed by atoms with Gasteiger partial charge in [0.05, 0.1) is 12.1 Å². The van der Waals surface area contributed by atoms with E-state index in [1.165, 1.54) is 0 Å². The van der Waals surface area contributed by atoms with Crippen LogP contribution in [0.3, 0.4) is 0 Å². The van der Waals surface area contributed by atoms with Crippen molar-refractivity contribution in [3.8, 4) is 0 Å². The highest BCUT2D eigenvalue weighted by Gasteiger charge is 2.13. The van der Waals surface area contributed by atoms with Crippen molar-refractivity contribution < 1.29 is 23.2 Å². The maximum Gasteiger partial charge on any atom is 0.254 e. The van der Waals surface area contributed by atoms with Crippen LogP contribution in [-0.4, -0.2) is 24.3 Å². The molecule has 3 N–H and O–H groups in total. The fourth-order valence-corrected chi connectivity index (χ4v) is 2.19. The Hall–Kier alpha value is -3.29. The van der Waals surface area contributed by atoms with E-state index in [0.29, 0.717) is 11.8 Å². The number of hydrogen-bond donors (Lipinski definition) is 3. The van der Waals surface area contributed by atoms with Crippen LogP contribution in [0.15, 0.2) is 42.5 Å². The molecule has 0 saturated carbocycles. The monoisotopic (exact) mass is 389 g/mol. The van der Waals surface area contributed by atoms with Crippen LogP contribution in [-0.2, 0) is 16.1 Å².